The van der Waals surface area contributed by atoms with E-state index in [0.29, 0.717) is 6.04 Å². The van der Waals surface area contributed by atoms with Crippen LogP contribution >= 0.6 is 15.9 Å². The molecule has 0 aliphatic heterocycles. The van der Waals surface area contributed by atoms with E-state index in [1.54, 1.807) is 0 Å². The van der Waals surface area contributed by atoms with Gasteiger partial charge < -0.3 is 5.32 Å². The van der Waals surface area contributed by atoms with E-state index in [1.165, 1.54) is 35.6 Å². The van der Waals surface area contributed by atoms with Gasteiger partial charge in [-0.05, 0) is 66.3 Å². The minimum Gasteiger partial charge on any atom is -0.310 e. The number of benzene rings is 2. The maximum atomic E-state index is 3.71. The Morgan fingerprint density at radius 3 is 2.63 bits per heavy atom. The fourth-order valence-electron chi connectivity index (χ4n) is 2.71. The number of hydrogen-bond donors (Lipinski definition) is 1. The number of hydrogen-bond acceptors (Lipinski definition) is 1. The van der Waals surface area contributed by atoms with Crippen LogP contribution in [0.2, 0.25) is 0 Å². The zero-order valence-electron chi connectivity index (χ0n) is 11.3. The quantitative estimate of drug-likeness (QED) is 0.813. The first kappa shape index (κ1) is 13.1. The topological polar surface area (TPSA) is 12.0 Å². The fraction of sp³-hybridized carbons (Fsp3) is 0.412. The van der Waals surface area contributed by atoms with Gasteiger partial charge in [-0.2, -0.15) is 0 Å². The Bertz CT molecular complexity index is 574. The minimum atomic E-state index is 0.549. The largest absolute Gasteiger partial charge is 0.310 e. The lowest BCUT2D eigenvalue weighted by molar-refractivity contribution is 0.481. The van der Waals surface area contributed by atoms with E-state index in [-0.39, 0.29) is 0 Å². The van der Waals surface area contributed by atoms with E-state index in [1.807, 2.05) is 0 Å². The molecule has 1 N–H and O–H groups in total. The van der Waals surface area contributed by atoms with Gasteiger partial charge in [-0.25, -0.2) is 0 Å². The number of fused-ring (bicyclic) bond motifs is 1. The van der Waals surface area contributed by atoms with Crippen molar-refractivity contribution in [2.75, 3.05) is 6.54 Å². The molecule has 1 aliphatic carbocycles. The highest BCUT2D eigenvalue weighted by Crippen LogP contribution is 2.41. The van der Waals surface area contributed by atoms with Crippen LogP contribution in [-0.4, -0.2) is 6.54 Å². The molecule has 0 aromatic heterocycles. The summed E-state index contributed by atoms with van der Waals surface area (Å²) in [4.78, 5) is 0. The smallest absolute Gasteiger partial charge is 0.0348 e. The van der Waals surface area contributed by atoms with Gasteiger partial charge in [0.05, 0.1) is 0 Å². The van der Waals surface area contributed by atoms with Gasteiger partial charge in [0.15, 0.2) is 0 Å². The van der Waals surface area contributed by atoms with E-state index in [2.05, 4.69) is 64.6 Å². The van der Waals surface area contributed by atoms with E-state index in [9.17, 15) is 0 Å². The van der Waals surface area contributed by atoms with Crippen molar-refractivity contribution in [1.82, 2.24) is 5.32 Å². The van der Waals surface area contributed by atoms with Gasteiger partial charge in [0, 0.05) is 10.5 Å². The molecule has 2 aromatic carbocycles. The van der Waals surface area contributed by atoms with Crippen LogP contribution in [-0.2, 0) is 0 Å². The van der Waals surface area contributed by atoms with Crippen molar-refractivity contribution >= 4 is 26.7 Å². The monoisotopic (exact) mass is 317 g/mol. The van der Waals surface area contributed by atoms with Crippen LogP contribution in [0.25, 0.3) is 10.8 Å². The summed E-state index contributed by atoms with van der Waals surface area (Å²) < 4.78 is 1.15. The molecule has 1 fully saturated rings. The summed E-state index contributed by atoms with van der Waals surface area (Å²) in [6.45, 7) is 3.34. The predicted molar refractivity (Wildman–Crippen MR) is 85.4 cm³/mol. The molecule has 0 amide bonds. The van der Waals surface area contributed by atoms with Crippen molar-refractivity contribution in [1.29, 1.82) is 0 Å². The summed E-state index contributed by atoms with van der Waals surface area (Å²) in [7, 11) is 0. The lowest BCUT2D eigenvalue weighted by Gasteiger charge is -2.19. The van der Waals surface area contributed by atoms with Crippen LogP contribution in [0.5, 0.6) is 0 Å². The molecule has 19 heavy (non-hydrogen) atoms. The first-order chi connectivity index (χ1) is 9.28. The number of nitrogens with one attached hydrogen (secondary N) is 1. The van der Waals surface area contributed by atoms with Crippen LogP contribution in [0.1, 0.15) is 37.8 Å². The van der Waals surface area contributed by atoms with E-state index >= 15 is 0 Å². The van der Waals surface area contributed by atoms with Crippen molar-refractivity contribution in [3.63, 3.8) is 0 Å². The van der Waals surface area contributed by atoms with Crippen molar-refractivity contribution < 1.29 is 0 Å². The molecule has 0 bridgehead atoms. The Labute approximate surface area is 123 Å². The number of halogens is 1. The van der Waals surface area contributed by atoms with Gasteiger partial charge >= 0.3 is 0 Å². The first-order valence-corrected chi connectivity index (χ1v) is 8.00. The van der Waals surface area contributed by atoms with Gasteiger partial charge in [-0.15, -0.1) is 0 Å². The second-order valence-electron chi connectivity index (χ2n) is 5.52. The van der Waals surface area contributed by atoms with Gasteiger partial charge in [-0.3, -0.25) is 0 Å². The minimum absolute atomic E-state index is 0.549. The van der Waals surface area contributed by atoms with E-state index in [4.69, 9.17) is 0 Å². The lowest BCUT2D eigenvalue weighted by atomic mass is 9.98. The second-order valence-corrected chi connectivity index (χ2v) is 6.44. The van der Waals surface area contributed by atoms with Crippen LogP contribution in [0, 0.1) is 5.92 Å². The van der Waals surface area contributed by atoms with Crippen LogP contribution < -0.4 is 5.32 Å². The standard InChI is InChI=1S/C17H20BrN/c1-2-9-19-17(12-3-4-12)15-6-5-14-11-16(18)8-7-13(14)10-15/h5-8,10-12,17,19H,2-4,9H2,1H3. The molecular weight excluding hydrogens is 298 g/mol. The zero-order valence-corrected chi connectivity index (χ0v) is 12.9. The van der Waals surface area contributed by atoms with Gasteiger partial charge in [0.2, 0.25) is 0 Å². The Morgan fingerprint density at radius 2 is 1.89 bits per heavy atom. The molecule has 2 aromatic rings. The summed E-state index contributed by atoms with van der Waals surface area (Å²) >= 11 is 3.53. The molecule has 1 nitrogen and oxygen atoms in total. The van der Waals surface area contributed by atoms with Gasteiger partial charge in [-0.1, -0.05) is 41.1 Å². The Balaban J connectivity index is 1.92. The third kappa shape index (κ3) is 3.01. The Kier molecular flexibility index (Phi) is 3.90. The van der Waals surface area contributed by atoms with Crippen LogP contribution in [0.3, 0.4) is 0 Å². The molecule has 1 saturated carbocycles. The SMILES string of the molecule is CCCNC(c1ccc2cc(Br)ccc2c1)C1CC1. The molecular formula is C17H20BrN. The van der Waals surface area contributed by atoms with Crippen molar-refractivity contribution in [2.24, 2.45) is 5.92 Å². The lowest BCUT2D eigenvalue weighted by Crippen LogP contribution is -2.23. The van der Waals surface area contributed by atoms with Gasteiger partial charge in [0.25, 0.3) is 0 Å². The summed E-state index contributed by atoms with van der Waals surface area (Å²) in [6, 6.07) is 14.0. The molecule has 0 spiro atoms. The summed E-state index contributed by atoms with van der Waals surface area (Å²) in [6.07, 6.45) is 3.95. The normalized spacial score (nSPS) is 16.7. The van der Waals surface area contributed by atoms with Crippen molar-refractivity contribution in [2.45, 2.75) is 32.2 Å². The molecule has 100 valence electrons. The van der Waals surface area contributed by atoms with Crippen molar-refractivity contribution in [3.05, 3.63) is 46.4 Å². The van der Waals surface area contributed by atoms with Gasteiger partial charge in [0.1, 0.15) is 0 Å². The highest BCUT2D eigenvalue weighted by atomic mass is 79.9. The Morgan fingerprint density at radius 1 is 1.16 bits per heavy atom. The molecule has 0 heterocycles. The molecule has 1 atom stereocenters. The second kappa shape index (κ2) is 5.64. The summed E-state index contributed by atoms with van der Waals surface area (Å²) in [5, 5.41) is 6.36. The molecule has 0 saturated heterocycles. The molecule has 1 aliphatic rings. The highest BCUT2D eigenvalue weighted by molar-refractivity contribution is 9.10. The Hall–Kier alpha value is -0.860. The molecule has 1 unspecified atom stereocenters. The fourth-order valence-corrected chi connectivity index (χ4v) is 3.09. The third-order valence-corrected chi connectivity index (χ3v) is 4.39. The maximum absolute atomic E-state index is 3.71. The summed E-state index contributed by atoms with van der Waals surface area (Å²) in [5.41, 5.74) is 1.45. The highest BCUT2D eigenvalue weighted by Gasteiger charge is 2.31. The van der Waals surface area contributed by atoms with Crippen LogP contribution in [0.4, 0.5) is 0 Å². The maximum Gasteiger partial charge on any atom is 0.0348 e. The zero-order chi connectivity index (χ0) is 13.2. The average molecular weight is 318 g/mol. The van der Waals surface area contributed by atoms with Crippen LogP contribution in [0.15, 0.2) is 40.9 Å². The summed E-state index contributed by atoms with van der Waals surface area (Å²) in [5.74, 6) is 0.847. The molecule has 2 heteroatoms. The predicted octanol–water partition coefficient (Wildman–Crippen LogP) is 5.05. The molecule has 0 radical (unpaired) electrons. The van der Waals surface area contributed by atoms with E-state index in [0.717, 1.165) is 16.9 Å². The first-order valence-electron chi connectivity index (χ1n) is 7.20. The number of rotatable bonds is 5. The molecule has 3 rings (SSSR count). The van der Waals surface area contributed by atoms with E-state index < -0.39 is 0 Å². The average Bonchev–Trinajstić information content (AvgIpc) is 3.24. The third-order valence-electron chi connectivity index (χ3n) is 3.89. The van der Waals surface area contributed by atoms with Crippen molar-refractivity contribution in [3.8, 4) is 0 Å².